The molecule has 1 heteroatoms. The first-order chi connectivity index (χ1) is 15.7. The molecule has 5 aromatic rings. The lowest BCUT2D eigenvalue weighted by molar-refractivity contribution is 1.70. The Kier molecular flexibility index (Phi) is 5.58. The minimum Gasteiger partial charge on any atom is -0.0859 e. The maximum absolute atomic E-state index is 2.46. The zero-order valence-corrected chi connectivity index (χ0v) is 19.3. The van der Waals surface area contributed by atoms with Crippen molar-refractivity contribution in [1.29, 1.82) is 0 Å². The Bertz CT molecular complexity index is 1330. The van der Waals surface area contributed by atoms with Gasteiger partial charge in [0.1, 0.15) is 8.07 Å². The molecule has 0 bridgehead atoms. The molecule has 5 aromatic carbocycles. The minimum atomic E-state index is -2.03. The largest absolute Gasteiger partial charge is 0.130 e. The lowest BCUT2D eigenvalue weighted by Crippen LogP contribution is -2.41. The van der Waals surface area contributed by atoms with Crippen LogP contribution < -0.4 is 5.19 Å². The van der Waals surface area contributed by atoms with Gasteiger partial charge >= 0.3 is 0 Å². The van der Waals surface area contributed by atoms with Gasteiger partial charge in [0.25, 0.3) is 0 Å². The summed E-state index contributed by atoms with van der Waals surface area (Å²) in [6.07, 6.45) is 4.66. The van der Waals surface area contributed by atoms with Crippen molar-refractivity contribution in [1.82, 2.24) is 0 Å². The molecule has 0 aliphatic heterocycles. The Labute approximate surface area is 191 Å². The molecule has 0 atom stereocenters. The normalized spacial score (nSPS) is 13.8. The van der Waals surface area contributed by atoms with Crippen molar-refractivity contribution < 1.29 is 0 Å². The van der Waals surface area contributed by atoms with Crippen molar-refractivity contribution in [3.05, 3.63) is 138 Å². The van der Waals surface area contributed by atoms with E-state index in [2.05, 4.69) is 145 Å². The molecule has 0 radical (unpaired) electrons. The monoisotopic (exact) mass is 426 g/mol. The molecule has 0 nitrogen and oxygen atoms in total. The van der Waals surface area contributed by atoms with Gasteiger partial charge in [0.15, 0.2) is 0 Å². The van der Waals surface area contributed by atoms with Crippen molar-refractivity contribution in [2.45, 2.75) is 6.55 Å². The highest BCUT2D eigenvalue weighted by Gasteiger charge is 2.23. The molecule has 154 valence electrons. The van der Waals surface area contributed by atoms with Crippen LogP contribution in [-0.4, -0.2) is 8.07 Å². The number of fused-ring (bicyclic) bond motifs is 2. The lowest BCUT2D eigenvalue weighted by Gasteiger charge is -2.20. The van der Waals surface area contributed by atoms with Crippen molar-refractivity contribution in [3.8, 4) is 0 Å². The quantitative estimate of drug-likeness (QED) is 0.252. The van der Waals surface area contributed by atoms with Gasteiger partial charge in [-0.05, 0) is 32.7 Å². The average Bonchev–Trinajstić information content (AvgIpc) is 2.86. The second-order valence-corrected chi connectivity index (χ2v) is 12.3. The molecule has 0 spiro atoms. The minimum absolute atomic E-state index is 1.27. The van der Waals surface area contributed by atoms with E-state index in [9.17, 15) is 0 Å². The summed E-state index contributed by atoms with van der Waals surface area (Å²) < 4.78 is 0. The summed E-state index contributed by atoms with van der Waals surface area (Å²) in [6, 6.07) is 41.3. The maximum Gasteiger partial charge on any atom is 0.130 e. The second kappa shape index (κ2) is 8.82. The molecule has 0 amide bonds. The summed E-state index contributed by atoms with van der Waals surface area (Å²) in [7, 11) is -2.03. The van der Waals surface area contributed by atoms with E-state index in [0.717, 1.165) is 0 Å². The molecule has 0 aliphatic rings. The van der Waals surface area contributed by atoms with Crippen LogP contribution in [0.2, 0.25) is 6.55 Å². The molecular formula is C31H26Si. The summed E-state index contributed by atoms with van der Waals surface area (Å²) in [5, 5.41) is 6.57. The Hall–Kier alpha value is -3.68. The predicted octanol–water partition coefficient (Wildman–Crippen LogP) is 7.78. The predicted molar refractivity (Wildman–Crippen MR) is 144 cm³/mol. The molecule has 0 unspecified atom stereocenters. The molecule has 0 fully saturated rings. The van der Waals surface area contributed by atoms with E-state index in [1.807, 2.05) is 0 Å². The number of hydrogen-bond acceptors (Lipinski definition) is 0. The van der Waals surface area contributed by atoms with Crippen LogP contribution >= 0.6 is 0 Å². The lowest BCUT2D eigenvalue weighted by atomic mass is 10.1. The summed E-state index contributed by atoms with van der Waals surface area (Å²) in [4.78, 5) is 0. The van der Waals surface area contributed by atoms with Gasteiger partial charge in [0.2, 0.25) is 0 Å². The molecule has 0 heterocycles. The van der Waals surface area contributed by atoms with Gasteiger partial charge in [-0.1, -0.05) is 151 Å². The van der Waals surface area contributed by atoms with Crippen molar-refractivity contribution >= 4 is 47.0 Å². The van der Waals surface area contributed by atoms with E-state index in [-0.39, 0.29) is 0 Å². The van der Waals surface area contributed by atoms with Gasteiger partial charge in [-0.3, -0.25) is 0 Å². The Balaban J connectivity index is 1.59. The second-order valence-electron chi connectivity index (χ2n) is 8.45. The highest BCUT2D eigenvalue weighted by Crippen LogP contribution is 2.23. The Morgan fingerprint density at radius 2 is 0.906 bits per heavy atom. The summed E-state index contributed by atoms with van der Waals surface area (Å²) in [5.41, 5.74) is 7.48. The molecule has 0 saturated carbocycles. The summed E-state index contributed by atoms with van der Waals surface area (Å²) in [5.74, 6) is 0. The van der Waals surface area contributed by atoms with Crippen molar-refractivity contribution in [3.63, 3.8) is 0 Å². The van der Waals surface area contributed by atoms with Crippen molar-refractivity contribution in [2.75, 3.05) is 0 Å². The van der Waals surface area contributed by atoms with Crippen LogP contribution in [0.1, 0.15) is 11.1 Å². The van der Waals surface area contributed by atoms with Gasteiger partial charge in [0.05, 0.1) is 0 Å². The fourth-order valence-corrected chi connectivity index (χ4v) is 6.82. The topological polar surface area (TPSA) is 0 Å². The highest BCUT2D eigenvalue weighted by molar-refractivity contribution is 6.99. The first kappa shape index (κ1) is 20.2. The zero-order valence-electron chi connectivity index (χ0n) is 18.3. The van der Waals surface area contributed by atoms with Crippen LogP contribution in [0.5, 0.6) is 0 Å². The summed E-state index contributed by atoms with van der Waals surface area (Å²) >= 11 is 0. The van der Waals surface area contributed by atoms with E-state index in [4.69, 9.17) is 0 Å². The maximum atomic E-state index is 2.46. The van der Waals surface area contributed by atoms with E-state index in [1.54, 1.807) is 0 Å². The fraction of sp³-hybridized carbons (Fsp3) is 0.0323. The van der Waals surface area contributed by atoms with Crippen LogP contribution in [0.4, 0.5) is 0 Å². The third kappa shape index (κ3) is 4.08. The van der Waals surface area contributed by atoms with Crippen LogP contribution in [0, 0.1) is 0 Å². The molecule has 5 rings (SSSR count). The van der Waals surface area contributed by atoms with E-state index in [0.29, 0.717) is 0 Å². The van der Waals surface area contributed by atoms with Gasteiger partial charge in [-0.15, -0.1) is 0 Å². The fourth-order valence-electron chi connectivity index (χ4n) is 4.36. The zero-order chi connectivity index (χ0) is 21.8. The van der Waals surface area contributed by atoms with Gasteiger partial charge in [0, 0.05) is 0 Å². The van der Waals surface area contributed by atoms with E-state index in [1.165, 1.54) is 37.9 Å². The smallest absolute Gasteiger partial charge is 0.0859 e. The highest BCUT2D eigenvalue weighted by atomic mass is 28.3. The standard InChI is InChI=1S/C31H26Si/c1-32(29-17-3-2-4-18-29,23-21-27-15-9-13-25-11-5-7-19-30(25)27)24-22-28-16-10-14-26-12-6-8-20-31(26)28/h2-24H,1H3. The molecule has 0 saturated heterocycles. The van der Waals surface area contributed by atoms with E-state index >= 15 is 0 Å². The third-order valence-electron chi connectivity index (χ3n) is 6.26. The first-order valence-electron chi connectivity index (χ1n) is 11.1. The number of hydrogen-bond donors (Lipinski definition) is 0. The average molecular weight is 427 g/mol. The molecule has 0 N–H and O–H groups in total. The molecule has 32 heavy (non-hydrogen) atoms. The molecule has 0 aromatic heterocycles. The Morgan fingerprint density at radius 1 is 0.469 bits per heavy atom. The van der Waals surface area contributed by atoms with Gasteiger partial charge in [-0.2, -0.15) is 0 Å². The number of rotatable bonds is 5. The van der Waals surface area contributed by atoms with Crippen LogP contribution in [0.25, 0.3) is 33.7 Å². The third-order valence-corrected chi connectivity index (χ3v) is 9.56. The summed E-state index contributed by atoms with van der Waals surface area (Å²) in [6.45, 7) is 2.42. The molecular weight excluding hydrogens is 400 g/mol. The van der Waals surface area contributed by atoms with Crippen LogP contribution in [0.3, 0.4) is 0 Å². The number of benzene rings is 5. The Morgan fingerprint density at radius 3 is 1.44 bits per heavy atom. The van der Waals surface area contributed by atoms with Gasteiger partial charge < -0.3 is 0 Å². The van der Waals surface area contributed by atoms with E-state index < -0.39 is 8.07 Å². The molecule has 0 aliphatic carbocycles. The van der Waals surface area contributed by atoms with Crippen LogP contribution in [-0.2, 0) is 0 Å². The van der Waals surface area contributed by atoms with Gasteiger partial charge in [-0.25, -0.2) is 0 Å². The van der Waals surface area contributed by atoms with Crippen LogP contribution in [0.15, 0.2) is 127 Å². The van der Waals surface area contributed by atoms with Crippen molar-refractivity contribution in [2.24, 2.45) is 0 Å². The first-order valence-corrected chi connectivity index (χ1v) is 13.8. The SMILES string of the molecule is C[Si](C=Cc1cccc2ccccc12)(C=Cc1cccc2ccccc12)c1ccccc1.